The van der Waals surface area contributed by atoms with E-state index >= 15 is 0 Å². The van der Waals surface area contributed by atoms with Crippen molar-refractivity contribution in [1.29, 1.82) is 0 Å². The number of hydrogen-bond donors (Lipinski definition) is 1. The van der Waals surface area contributed by atoms with Gasteiger partial charge in [-0.25, -0.2) is 0 Å². The maximum atomic E-state index is 12.3. The number of nitrogens with zero attached hydrogens (tertiary/aromatic N) is 2. The molecule has 0 aliphatic heterocycles. The van der Waals surface area contributed by atoms with Crippen molar-refractivity contribution in [2.45, 2.75) is 71.3 Å². The molecule has 0 aromatic heterocycles. The zero-order valence-electron chi connectivity index (χ0n) is 22.8. The second-order valence-corrected chi connectivity index (χ2v) is 10.8. The first-order valence-corrected chi connectivity index (χ1v) is 13.2. The van der Waals surface area contributed by atoms with E-state index in [1.54, 1.807) is 0 Å². The number of nitrogens with one attached hydrogen (secondary N) is 1. The van der Waals surface area contributed by atoms with Crippen LogP contribution in [0.25, 0.3) is 0 Å². The van der Waals surface area contributed by atoms with Gasteiger partial charge >= 0.3 is 5.97 Å². The summed E-state index contributed by atoms with van der Waals surface area (Å²) in [6.45, 7) is 7.14. The first-order valence-electron chi connectivity index (χ1n) is 13.2. The van der Waals surface area contributed by atoms with E-state index < -0.39 is 0 Å². The summed E-state index contributed by atoms with van der Waals surface area (Å²) in [6.07, 6.45) is 7.53. The molecule has 0 aliphatic carbocycles. The van der Waals surface area contributed by atoms with Gasteiger partial charge < -0.3 is 24.4 Å². The molecule has 1 aromatic rings. The van der Waals surface area contributed by atoms with Crippen molar-refractivity contribution in [1.82, 2.24) is 5.32 Å². The van der Waals surface area contributed by atoms with E-state index in [0.29, 0.717) is 24.2 Å². The Labute approximate surface area is 213 Å². The molecule has 1 aromatic carbocycles. The third-order valence-electron chi connectivity index (χ3n) is 5.39. The lowest BCUT2D eigenvalue weighted by Gasteiger charge is -2.31. The molecule has 0 saturated heterocycles. The highest BCUT2D eigenvalue weighted by Crippen LogP contribution is 2.06. The van der Waals surface area contributed by atoms with Crippen molar-refractivity contribution < 1.29 is 23.9 Å². The minimum absolute atomic E-state index is 0.162. The van der Waals surface area contributed by atoms with Crippen molar-refractivity contribution in [3.8, 4) is 0 Å². The predicted octanol–water partition coefficient (Wildman–Crippen LogP) is 3.56. The lowest BCUT2D eigenvalue weighted by atomic mass is 10.1. The molecule has 0 radical (unpaired) electrons. The fourth-order valence-electron chi connectivity index (χ4n) is 3.69. The van der Waals surface area contributed by atoms with Crippen LogP contribution in [0.5, 0.6) is 0 Å². The van der Waals surface area contributed by atoms with Gasteiger partial charge in [0.05, 0.1) is 46.8 Å². The van der Waals surface area contributed by atoms with Gasteiger partial charge in [-0.15, -0.1) is 0 Å². The van der Waals surface area contributed by atoms with Crippen molar-refractivity contribution in [2.24, 2.45) is 10.9 Å². The van der Waals surface area contributed by atoms with E-state index in [-0.39, 0.29) is 30.4 Å². The van der Waals surface area contributed by atoms with Gasteiger partial charge in [0, 0.05) is 25.8 Å². The van der Waals surface area contributed by atoms with E-state index in [1.807, 2.05) is 41.1 Å². The molecule has 0 fully saturated rings. The molecule has 1 N–H and O–H groups in total. The van der Waals surface area contributed by atoms with Crippen molar-refractivity contribution >= 4 is 12.0 Å². The highest BCUT2D eigenvalue weighted by atomic mass is 16.5. The highest BCUT2D eigenvalue weighted by Gasteiger charge is 2.21. The van der Waals surface area contributed by atoms with Crippen LogP contribution in [-0.2, 0) is 20.7 Å². The number of benzene rings is 1. The second kappa shape index (κ2) is 18.2. The number of esters is 1. The summed E-state index contributed by atoms with van der Waals surface area (Å²) in [4.78, 5) is 16.2. The zero-order chi connectivity index (χ0) is 25.9. The average molecular weight is 492 g/mol. The third kappa shape index (κ3) is 18.8. The molecule has 200 valence electrons. The molecule has 0 amide bonds. The molecule has 1 rings (SSSR count). The molecular formula is C28H49N3O4. The summed E-state index contributed by atoms with van der Waals surface area (Å²) in [6, 6.07) is 9.92. The van der Waals surface area contributed by atoms with Crippen LogP contribution in [0, 0.1) is 5.92 Å². The van der Waals surface area contributed by atoms with Gasteiger partial charge in [-0.2, -0.15) is 0 Å². The number of carbonyl (C=O) groups is 1. The van der Waals surface area contributed by atoms with Crippen LogP contribution in [-0.4, -0.2) is 76.6 Å². The van der Waals surface area contributed by atoms with Gasteiger partial charge in [0.25, 0.3) is 0 Å². The normalized spacial score (nSPS) is 13.1. The van der Waals surface area contributed by atoms with Crippen LogP contribution in [0.4, 0.5) is 0 Å². The Balaban J connectivity index is 2.12. The second-order valence-electron chi connectivity index (χ2n) is 10.8. The van der Waals surface area contributed by atoms with Crippen molar-refractivity contribution in [3.63, 3.8) is 0 Å². The number of hydrogen-bond acceptors (Lipinski definition) is 5. The number of rotatable bonds is 19. The van der Waals surface area contributed by atoms with Gasteiger partial charge in [-0.3, -0.25) is 9.79 Å². The molecule has 7 nitrogen and oxygen atoms in total. The quantitative estimate of drug-likeness (QED) is 0.105. The zero-order valence-corrected chi connectivity index (χ0v) is 22.8. The fraction of sp³-hybridized carbons (Fsp3) is 0.714. The van der Waals surface area contributed by atoms with Crippen molar-refractivity contribution in [2.75, 3.05) is 54.1 Å². The monoisotopic (exact) mass is 491 g/mol. The molecule has 0 bridgehead atoms. The van der Waals surface area contributed by atoms with Crippen LogP contribution in [0.2, 0.25) is 0 Å². The van der Waals surface area contributed by atoms with Crippen molar-refractivity contribution in [3.05, 3.63) is 35.9 Å². The maximum Gasteiger partial charge on any atom is 0.308 e. The van der Waals surface area contributed by atoms with E-state index in [0.717, 1.165) is 58.2 Å². The first kappa shape index (κ1) is 30.9. The van der Waals surface area contributed by atoms with Crippen LogP contribution in [0.3, 0.4) is 0 Å². The van der Waals surface area contributed by atoms with E-state index in [1.165, 1.54) is 5.56 Å². The Hall–Kier alpha value is -2.12. The molecule has 0 unspecified atom stereocenters. The number of amidine groups is 1. The van der Waals surface area contributed by atoms with Crippen LogP contribution >= 0.6 is 0 Å². The predicted molar refractivity (Wildman–Crippen MR) is 141 cm³/mol. The van der Waals surface area contributed by atoms with Gasteiger partial charge in [-0.1, -0.05) is 57.0 Å². The number of unbranched alkanes of at least 4 members (excludes halogenated alkanes) is 4. The van der Waals surface area contributed by atoms with E-state index in [2.05, 4.69) is 34.6 Å². The number of carbonyl (C=O) groups excluding carboxylic acids is 1. The summed E-state index contributed by atoms with van der Waals surface area (Å²) in [7, 11) is 6.10. The van der Waals surface area contributed by atoms with Crippen LogP contribution in [0.1, 0.15) is 64.4 Å². The largest absolute Gasteiger partial charge is 0.846 e. The summed E-state index contributed by atoms with van der Waals surface area (Å²) in [5, 5.41) is 15.2. The summed E-state index contributed by atoms with van der Waals surface area (Å²) < 4.78 is 11.7. The fourth-order valence-corrected chi connectivity index (χ4v) is 3.69. The summed E-state index contributed by atoms with van der Waals surface area (Å²) in [5.41, 5.74) is 1.39. The lowest BCUT2D eigenvalue weighted by Crippen LogP contribution is -2.52. The van der Waals surface area contributed by atoms with Gasteiger partial charge in [0.1, 0.15) is 0 Å². The number of quaternary nitrogens is 1. The molecule has 7 heteroatoms. The van der Waals surface area contributed by atoms with Gasteiger partial charge in [0.2, 0.25) is 0 Å². The molecule has 35 heavy (non-hydrogen) atoms. The van der Waals surface area contributed by atoms with Crippen LogP contribution < -0.4 is 10.4 Å². The first-order chi connectivity index (χ1) is 16.7. The molecule has 0 saturated carbocycles. The molecule has 0 aliphatic rings. The third-order valence-corrected chi connectivity index (χ3v) is 5.39. The van der Waals surface area contributed by atoms with Gasteiger partial charge in [-0.05, 0) is 43.6 Å². The summed E-state index contributed by atoms with van der Waals surface area (Å²) in [5.74, 6) is 0.00717. The van der Waals surface area contributed by atoms with Crippen LogP contribution in [0.15, 0.2) is 35.3 Å². The smallest absolute Gasteiger partial charge is 0.308 e. The summed E-state index contributed by atoms with van der Waals surface area (Å²) >= 11 is 0. The topological polar surface area (TPSA) is 83.0 Å². The lowest BCUT2D eigenvalue weighted by molar-refractivity contribution is -0.871. The van der Waals surface area contributed by atoms with E-state index in [9.17, 15) is 9.90 Å². The molecule has 0 heterocycles. The highest BCUT2D eigenvalue weighted by molar-refractivity contribution is 5.73. The molecular weight excluding hydrogens is 442 g/mol. The minimum atomic E-state index is -0.348. The van der Waals surface area contributed by atoms with Gasteiger partial charge in [0.15, 0.2) is 0 Å². The number of ether oxygens (including phenoxy) is 2. The SMILES string of the molecule is CC(C)COC(=O)C[C@H](C[N+](C)(C)C)NC([O-])=NCCCCCCOCCCCc1ccccc1. The molecule has 0 spiro atoms. The Bertz CT molecular complexity index is 702. The number of aliphatic imine (C=N–C) groups is 1. The minimum Gasteiger partial charge on any atom is -0.846 e. The Morgan fingerprint density at radius 1 is 1.00 bits per heavy atom. The van der Waals surface area contributed by atoms with E-state index in [4.69, 9.17) is 9.47 Å². The Morgan fingerprint density at radius 3 is 2.31 bits per heavy atom. The number of likely N-dealkylation sites (N-methyl/N-ethyl adjacent to an activating group) is 1. The number of aryl methyl sites for hydroxylation is 1. The maximum absolute atomic E-state index is 12.3. The molecule has 1 atom stereocenters. The Kier molecular flexibility index (Phi) is 16.1. The average Bonchev–Trinajstić information content (AvgIpc) is 2.78. The Morgan fingerprint density at radius 2 is 1.66 bits per heavy atom. The standard InChI is InChI=1S/C28H49N3O4/c1-24(2)23-35-27(32)21-26(22-31(3,4)5)30-28(33)29-18-12-6-7-13-19-34-20-14-11-17-25-15-9-8-10-16-25/h8-10,15-16,24,26H,6-7,11-14,17-23H2,1-5H3,(H-,29,30,33)/t26-/m1/s1.